The zero-order chi connectivity index (χ0) is 21.3. The number of rotatable bonds is 8. The van der Waals surface area contributed by atoms with Crippen LogP contribution in [0.1, 0.15) is 26.7 Å². The van der Waals surface area contributed by atoms with E-state index in [1.54, 1.807) is 4.90 Å². The lowest BCUT2D eigenvalue weighted by molar-refractivity contribution is -0.117. The van der Waals surface area contributed by atoms with Gasteiger partial charge in [0, 0.05) is 28.4 Å². The number of hydrogen-bond acceptors (Lipinski definition) is 3. The summed E-state index contributed by atoms with van der Waals surface area (Å²) >= 11 is 1.48. The molecule has 0 saturated carbocycles. The van der Waals surface area contributed by atoms with Crippen LogP contribution >= 0.6 is 11.8 Å². The van der Waals surface area contributed by atoms with Crippen LogP contribution in [0.2, 0.25) is 0 Å². The van der Waals surface area contributed by atoms with E-state index in [1.807, 2.05) is 98.8 Å². The second-order valence-corrected chi connectivity index (χ2v) is 8.35. The summed E-state index contributed by atoms with van der Waals surface area (Å²) in [6, 6.07) is 27.0. The lowest BCUT2D eigenvalue weighted by Crippen LogP contribution is -2.32. The fourth-order valence-corrected chi connectivity index (χ4v) is 4.06. The molecule has 30 heavy (non-hydrogen) atoms. The Morgan fingerprint density at radius 3 is 2.07 bits per heavy atom. The van der Waals surface area contributed by atoms with Crippen LogP contribution in [-0.2, 0) is 9.59 Å². The standard InChI is InChI=1S/C25H26N2O2S/c1-3-11-24(28)26-20-12-10-17-23(18-20)30-19(2)25(29)27(21-13-6-4-7-14-21)22-15-8-5-9-16-22/h4-10,12-19H,3,11H2,1-2H3,(H,26,28). The number of carbonyl (C=O) groups excluding carboxylic acids is 2. The Morgan fingerprint density at radius 1 is 0.900 bits per heavy atom. The number of hydrogen-bond donors (Lipinski definition) is 1. The minimum absolute atomic E-state index is 0.00202. The maximum Gasteiger partial charge on any atom is 0.244 e. The molecular formula is C25H26N2O2S. The van der Waals surface area contributed by atoms with E-state index in [1.165, 1.54) is 11.8 Å². The smallest absolute Gasteiger partial charge is 0.244 e. The normalized spacial score (nSPS) is 11.5. The van der Waals surface area contributed by atoms with Gasteiger partial charge in [-0.05, 0) is 55.8 Å². The van der Waals surface area contributed by atoms with Crippen molar-refractivity contribution in [3.63, 3.8) is 0 Å². The molecule has 0 aliphatic rings. The third-order valence-electron chi connectivity index (χ3n) is 4.50. The Morgan fingerprint density at radius 2 is 1.50 bits per heavy atom. The number of benzene rings is 3. The molecule has 0 fully saturated rings. The molecule has 5 heteroatoms. The number of anilines is 3. The number of carbonyl (C=O) groups is 2. The van der Waals surface area contributed by atoms with E-state index in [0.717, 1.165) is 28.4 Å². The van der Waals surface area contributed by atoms with Crippen molar-refractivity contribution in [3.05, 3.63) is 84.9 Å². The molecule has 3 aromatic rings. The topological polar surface area (TPSA) is 49.4 Å². The lowest BCUT2D eigenvalue weighted by atomic mass is 10.2. The second kappa shape index (κ2) is 10.6. The van der Waals surface area contributed by atoms with Crippen LogP contribution in [0.15, 0.2) is 89.8 Å². The van der Waals surface area contributed by atoms with Gasteiger partial charge in [-0.3, -0.25) is 14.5 Å². The molecule has 1 N–H and O–H groups in total. The van der Waals surface area contributed by atoms with Gasteiger partial charge in [-0.25, -0.2) is 0 Å². The van der Waals surface area contributed by atoms with E-state index >= 15 is 0 Å². The van der Waals surface area contributed by atoms with Crippen molar-refractivity contribution in [2.45, 2.75) is 36.8 Å². The van der Waals surface area contributed by atoms with E-state index < -0.39 is 0 Å². The Labute approximate surface area is 182 Å². The quantitative estimate of drug-likeness (QED) is 0.439. The van der Waals surface area contributed by atoms with Crippen molar-refractivity contribution in [3.8, 4) is 0 Å². The molecule has 1 unspecified atom stereocenters. The highest BCUT2D eigenvalue weighted by Gasteiger charge is 2.24. The molecule has 3 rings (SSSR count). The van der Waals surface area contributed by atoms with Crippen LogP contribution in [0.5, 0.6) is 0 Å². The van der Waals surface area contributed by atoms with Gasteiger partial charge in [0.15, 0.2) is 0 Å². The molecule has 3 aromatic carbocycles. The fraction of sp³-hybridized carbons (Fsp3) is 0.200. The zero-order valence-corrected chi connectivity index (χ0v) is 18.1. The van der Waals surface area contributed by atoms with Crippen LogP contribution in [-0.4, -0.2) is 17.1 Å². The summed E-state index contributed by atoms with van der Waals surface area (Å²) in [6.45, 7) is 3.89. The fourth-order valence-electron chi connectivity index (χ4n) is 3.09. The lowest BCUT2D eigenvalue weighted by Gasteiger charge is -2.26. The largest absolute Gasteiger partial charge is 0.326 e. The van der Waals surface area contributed by atoms with Crippen molar-refractivity contribution < 1.29 is 9.59 Å². The number of nitrogens with one attached hydrogen (secondary N) is 1. The van der Waals surface area contributed by atoms with E-state index in [2.05, 4.69) is 5.32 Å². The second-order valence-electron chi connectivity index (χ2n) is 6.93. The van der Waals surface area contributed by atoms with Crippen molar-refractivity contribution in [2.24, 2.45) is 0 Å². The van der Waals surface area contributed by atoms with Crippen LogP contribution in [0, 0.1) is 0 Å². The summed E-state index contributed by atoms with van der Waals surface area (Å²) in [7, 11) is 0. The van der Waals surface area contributed by atoms with Gasteiger partial charge < -0.3 is 5.32 Å². The molecule has 0 aliphatic heterocycles. The Bertz CT molecular complexity index is 937. The molecule has 1 atom stereocenters. The van der Waals surface area contributed by atoms with E-state index in [-0.39, 0.29) is 17.1 Å². The SMILES string of the molecule is CCCC(=O)Nc1cccc(SC(C)C(=O)N(c2ccccc2)c2ccccc2)c1. The average molecular weight is 419 g/mol. The van der Waals surface area contributed by atoms with Gasteiger partial charge in [-0.15, -0.1) is 11.8 Å². The van der Waals surface area contributed by atoms with Crippen LogP contribution < -0.4 is 10.2 Å². The Hall–Kier alpha value is -3.05. The first-order chi connectivity index (χ1) is 14.6. The third kappa shape index (κ3) is 5.74. The first-order valence-corrected chi connectivity index (χ1v) is 11.0. The molecule has 0 radical (unpaired) electrons. The maximum atomic E-state index is 13.4. The average Bonchev–Trinajstić information content (AvgIpc) is 2.76. The molecule has 4 nitrogen and oxygen atoms in total. The summed E-state index contributed by atoms with van der Waals surface area (Å²) in [5, 5.41) is 2.60. The highest BCUT2D eigenvalue weighted by molar-refractivity contribution is 8.00. The van der Waals surface area contributed by atoms with Gasteiger partial charge in [-0.2, -0.15) is 0 Å². The van der Waals surface area contributed by atoms with Crippen molar-refractivity contribution >= 4 is 40.6 Å². The van der Waals surface area contributed by atoms with Crippen LogP contribution in [0.3, 0.4) is 0 Å². The summed E-state index contributed by atoms with van der Waals surface area (Å²) in [4.78, 5) is 28.0. The highest BCUT2D eigenvalue weighted by Crippen LogP contribution is 2.32. The monoisotopic (exact) mass is 418 g/mol. The third-order valence-corrected chi connectivity index (χ3v) is 5.59. The van der Waals surface area contributed by atoms with E-state index in [4.69, 9.17) is 0 Å². The molecule has 0 spiro atoms. The minimum Gasteiger partial charge on any atom is -0.326 e. The van der Waals surface area contributed by atoms with Crippen molar-refractivity contribution in [1.82, 2.24) is 0 Å². The Kier molecular flexibility index (Phi) is 7.69. The summed E-state index contributed by atoms with van der Waals surface area (Å²) < 4.78 is 0. The molecule has 0 aliphatic carbocycles. The van der Waals surface area contributed by atoms with Gasteiger partial charge in [0.05, 0.1) is 5.25 Å². The molecule has 0 saturated heterocycles. The van der Waals surface area contributed by atoms with Gasteiger partial charge >= 0.3 is 0 Å². The predicted molar refractivity (Wildman–Crippen MR) is 125 cm³/mol. The number of nitrogens with zero attached hydrogens (tertiary/aromatic N) is 1. The minimum atomic E-state index is -0.313. The number of thioether (sulfide) groups is 1. The number of para-hydroxylation sites is 2. The van der Waals surface area contributed by atoms with E-state index in [0.29, 0.717) is 6.42 Å². The summed E-state index contributed by atoms with van der Waals surface area (Å²) in [6.07, 6.45) is 1.30. The van der Waals surface area contributed by atoms with E-state index in [9.17, 15) is 9.59 Å². The first-order valence-electron chi connectivity index (χ1n) is 10.1. The molecule has 0 bridgehead atoms. The van der Waals surface area contributed by atoms with Crippen LogP contribution in [0.25, 0.3) is 0 Å². The predicted octanol–water partition coefficient (Wildman–Crippen LogP) is 6.27. The molecule has 2 amide bonds. The Balaban J connectivity index is 1.79. The van der Waals surface area contributed by atoms with Gasteiger partial charge in [0.25, 0.3) is 0 Å². The molecule has 0 heterocycles. The van der Waals surface area contributed by atoms with Crippen molar-refractivity contribution in [1.29, 1.82) is 0 Å². The maximum absolute atomic E-state index is 13.4. The first kappa shape index (κ1) is 21.7. The molecule has 0 aromatic heterocycles. The summed E-state index contributed by atoms with van der Waals surface area (Å²) in [5.74, 6) is 0.000858. The molecular weight excluding hydrogens is 392 g/mol. The van der Waals surface area contributed by atoms with Crippen LogP contribution in [0.4, 0.5) is 17.1 Å². The van der Waals surface area contributed by atoms with Gasteiger partial charge in [0.2, 0.25) is 11.8 Å². The van der Waals surface area contributed by atoms with Crippen molar-refractivity contribution in [2.75, 3.05) is 10.2 Å². The summed E-state index contributed by atoms with van der Waals surface area (Å²) in [5.41, 5.74) is 2.42. The molecule has 154 valence electrons. The highest BCUT2D eigenvalue weighted by atomic mass is 32.2. The zero-order valence-electron chi connectivity index (χ0n) is 17.2. The van der Waals surface area contributed by atoms with Gasteiger partial charge in [0.1, 0.15) is 0 Å². The number of amides is 2. The van der Waals surface area contributed by atoms with Gasteiger partial charge in [-0.1, -0.05) is 49.4 Å².